The number of carbonyl (C=O) groups is 6. The third kappa shape index (κ3) is 12.0. The molecule has 65 heavy (non-hydrogen) atoms. The zero-order chi connectivity index (χ0) is 46.3. The number of urea groups is 1. The van der Waals surface area contributed by atoms with E-state index >= 15 is 0 Å². The highest BCUT2D eigenvalue weighted by molar-refractivity contribution is 5.96. The molecule has 1 saturated heterocycles. The number of aryl methyl sites for hydroxylation is 2. The van der Waals surface area contributed by atoms with Crippen LogP contribution in [0.15, 0.2) is 66.7 Å². The van der Waals surface area contributed by atoms with E-state index in [1.54, 1.807) is 37.1 Å². The number of halogens is 3. The van der Waals surface area contributed by atoms with Gasteiger partial charge in [0.15, 0.2) is 0 Å². The van der Waals surface area contributed by atoms with Crippen molar-refractivity contribution in [3.63, 3.8) is 0 Å². The van der Waals surface area contributed by atoms with Crippen molar-refractivity contribution in [3.8, 4) is 0 Å². The van der Waals surface area contributed by atoms with Crippen LogP contribution in [-0.2, 0) is 49.8 Å². The number of benzene rings is 3. The molecule has 2 heterocycles. The minimum absolute atomic E-state index is 0.0427. The third-order valence-electron chi connectivity index (χ3n) is 13.2. The maximum Gasteiger partial charge on any atom is 0.389 e. The number of amides is 7. The van der Waals surface area contributed by atoms with E-state index in [9.17, 15) is 41.9 Å². The smallest absolute Gasteiger partial charge is 0.351 e. The van der Waals surface area contributed by atoms with Crippen molar-refractivity contribution in [1.29, 1.82) is 0 Å². The highest BCUT2D eigenvalue weighted by Gasteiger charge is 2.38. The van der Waals surface area contributed by atoms with E-state index < -0.39 is 73.1 Å². The molecule has 0 aromatic heterocycles. The van der Waals surface area contributed by atoms with E-state index in [2.05, 4.69) is 38.0 Å². The number of hydrogen-bond acceptors (Lipinski definition) is 7. The Hall–Kier alpha value is -5.97. The van der Waals surface area contributed by atoms with Gasteiger partial charge in [-0.05, 0) is 111 Å². The predicted molar refractivity (Wildman–Crippen MR) is 237 cm³/mol. The van der Waals surface area contributed by atoms with Gasteiger partial charge in [-0.3, -0.25) is 24.0 Å². The van der Waals surface area contributed by atoms with Crippen LogP contribution in [0, 0.1) is 5.92 Å². The summed E-state index contributed by atoms with van der Waals surface area (Å²) in [6, 6.07) is 18.3. The number of nitrogens with one attached hydrogen (secondary N) is 6. The Morgan fingerprint density at radius 1 is 0.785 bits per heavy atom. The SMILES string of the molecule is CN[C@@H](C)C(=O)NCC(=O)N1Cc2cc(NC(=O)[C@H](CCC(F)(F)F)CC(=O)N[C@H]3CCN(C(=O)N[C@@H]4CCCc5ccccc54)C3)ccc2C[C@H]1C(=O)N[C@@H]1CCCc2ccccc21. The molecule has 4 aliphatic rings. The van der Waals surface area contributed by atoms with E-state index in [0.717, 1.165) is 60.8 Å². The van der Waals surface area contributed by atoms with Gasteiger partial charge in [-0.1, -0.05) is 54.6 Å². The Balaban J connectivity index is 0.999. The second-order valence-corrected chi connectivity index (χ2v) is 17.7. The summed E-state index contributed by atoms with van der Waals surface area (Å²) in [6.07, 6.45) is -1.13. The molecule has 17 heteroatoms. The van der Waals surface area contributed by atoms with Gasteiger partial charge >= 0.3 is 12.2 Å². The molecule has 348 valence electrons. The van der Waals surface area contributed by atoms with Gasteiger partial charge in [0.05, 0.1) is 24.7 Å². The Labute approximate surface area is 377 Å². The van der Waals surface area contributed by atoms with Crippen LogP contribution < -0.4 is 31.9 Å². The lowest BCUT2D eigenvalue weighted by atomic mass is 9.87. The highest BCUT2D eigenvalue weighted by Crippen LogP contribution is 2.33. The summed E-state index contributed by atoms with van der Waals surface area (Å²) in [7, 11) is 1.62. The lowest BCUT2D eigenvalue weighted by Gasteiger charge is -2.37. The maximum atomic E-state index is 14.1. The monoisotopic (exact) mass is 900 g/mol. The van der Waals surface area contributed by atoms with Crippen LogP contribution in [0.5, 0.6) is 0 Å². The van der Waals surface area contributed by atoms with Crippen LogP contribution in [0.2, 0.25) is 0 Å². The largest absolute Gasteiger partial charge is 0.389 e. The summed E-state index contributed by atoms with van der Waals surface area (Å²) >= 11 is 0. The van der Waals surface area contributed by atoms with E-state index in [1.165, 1.54) is 10.5 Å². The molecule has 14 nitrogen and oxygen atoms in total. The first-order valence-corrected chi connectivity index (χ1v) is 22.7. The van der Waals surface area contributed by atoms with Gasteiger partial charge in [-0.25, -0.2) is 4.79 Å². The van der Waals surface area contributed by atoms with Crippen molar-refractivity contribution in [2.45, 2.75) is 120 Å². The van der Waals surface area contributed by atoms with Gasteiger partial charge in [-0.15, -0.1) is 0 Å². The summed E-state index contributed by atoms with van der Waals surface area (Å²) in [5.74, 6) is -3.95. The van der Waals surface area contributed by atoms with Crippen LogP contribution in [0.25, 0.3) is 0 Å². The third-order valence-corrected chi connectivity index (χ3v) is 13.2. The lowest BCUT2D eigenvalue weighted by Crippen LogP contribution is -2.55. The number of rotatable bonds is 14. The molecule has 3 aromatic rings. The molecule has 0 spiro atoms. The quantitative estimate of drug-likeness (QED) is 0.130. The van der Waals surface area contributed by atoms with Gasteiger partial charge in [0.2, 0.25) is 29.5 Å². The van der Waals surface area contributed by atoms with E-state index in [0.29, 0.717) is 18.5 Å². The number of anilines is 1. The second-order valence-electron chi connectivity index (χ2n) is 17.7. The Kier molecular flexibility index (Phi) is 15.1. The zero-order valence-electron chi connectivity index (χ0n) is 36.9. The van der Waals surface area contributed by atoms with Crippen molar-refractivity contribution in [2.75, 3.05) is 32.0 Å². The van der Waals surface area contributed by atoms with Crippen LogP contribution in [0.1, 0.15) is 104 Å². The summed E-state index contributed by atoms with van der Waals surface area (Å²) in [5.41, 5.74) is 6.08. The summed E-state index contributed by atoms with van der Waals surface area (Å²) in [6.45, 7) is 1.84. The fourth-order valence-corrected chi connectivity index (χ4v) is 9.50. The molecule has 2 aliphatic heterocycles. The number of likely N-dealkylation sites (N-methyl/N-ethyl adjacent to an activating group) is 1. The van der Waals surface area contributed by atoms with E-state index in [1.807, 2.05) is 42.5 Å². The van der Waals surface area contributed by atoms with Gasteiger partial charge in [0.25, 0.3) is 0 Å². The number of hydrogen-bond donors (Lipinski definition) is 6. The molecular formula is C48H59F3N8O6. The van der Waals surface area contributed by atoms with Crippen molar-refractivity contribution >= 4 is 41.3 Å². The molecule has 0 bridgehead atoms. The van der Waals surface area contributed by atoms with Crippen molar-refractivity contribution < 1.29 is 41.9 Å². The molecule has 2 aliphatic carbocycles. The van der Waals surface area contributed by atoms with Gasteiger partial charge in [0, 0.05) is 56.5 Å². The number of carbonyl (C=O) groups excluding carboxylic acids is 6. The fraction of sp³-hybridized carbons (Fsp3) is 0.500. The minimum atomic E-state index is -4.57. The number of likely N-dealkylation sites (tertiary alicyclic amines) is 1. The van der Waals surface area contributed by atoms with Gasteiger partial charge in [0.1, 0.15) is 6.04 Å². The fourth-order valence-electron chi connectivity index (χ4n) is 9.50. The Morgan fingerprint density at radius 3 is 2.11 bits per heavy atom. The first-order valence-electron chi connectivity index (χ1n) is 22.7. The summed E-state index contributed by atoms with van der Waals surface area (Å²) < 4.78 is 40.5. The molecule has 6 N–H and O–H groups in total. The lowest BCUT2D eigenvalue weighted by molar-refractivity contribution is -0.142. The molecule has 7 amide bonds. The average Bonchev–Trinajstić information content (AvgIpc) is 3.77. The second kappa shape index (κ2) is 20.9. The molecule has 0 radical (unpaired) electrons. The number of nitrogens with zero attached hydrogens (tertiary/aromatic N) is 2. The molecule has 1 fully saturated rings. The van der Waals surface area contributed by atoms with Gasteiger partial charge in [-0.2, -0.15) is 13.2 Å². The molecule has 3 aromatic carbocycles. The highest BCUT2D eigenvalue weighted by atomic mass is 19.4. The molecule has 6 atom stereocenters. The van der Waals surface area contributed by atoms with Crippen molar-refractivity contribution in [2.24, 2.45) is 5.92 Å². The van der Waals surface area contributed by atoms with Crippen molar-refractivity contribution in [1.82, 2.24) is 36.4 Å². The zero-order valence-corrected chi connectivity index (χ0v) is 36.9. The standard InChI is InChI=1S/C48H59F3N8O6/c1-29(52-2)44(62)53-26-43(61)59-27-34-23-35(18-17-32(34)24-41(59)46(64)56-39-15-7-11-30-9-3-5-13-37(30)39)55-45(63)33(19-21-48(49,50)51)25-42(60)54-36-20-22-58(28-36)47(65)57-40-16-8-12-31-10-4-6-14-38(31)40/h3-6,9-10,13-14,17-18,23,29,33,36,39-41,52H,7-8,11-12,15-16,19-22,24-28H2,1-2H3,(H,53,62)(H,54,60)(H,55,63)(H,56,64)(H,57,65)/t29-,33+,36-,39+,40+,41-/m0/s1. The molecule has 0 saturated carbocycles. The topological polar surface area (TPSA) is 181 Å². The predicted octanol–water partition coefficient (Wildman–Crippen LogP) is 5.12. The van der Waals surface area contributed by atoms with Crippen molar-refractivity contribution in [3.05, 3.63) is 100 Å². The Morgan fingerprint density at radius 2 is 1.45 bits per heavy atom. The molecule has 7 rings (SSSR count). The first kappa shape index (κ1) is 47.0. The molecule has 0 unspecified atom stereocenters. The number of fused-ring (bicyclic) bond motifs is 3. The summed E-state index contributed by atoms with van der Waals surface area (Å²) in [4.78, 5) is 83.8. The van der Waals surface area contributed by atoms with Crippen LogP contribution in [0.3, 0.4) is 0 Å². The van der Waals surface area contributed by atoms with Crippen LogP contribution >= 0.6 is 0 Å². The minimum Gasteiger partial charge on any atom is -0.351 e. The molecular weight excluding hydrogens is 842 g/mol. The maximum absolute atomic E-state index is 14.1. The normalized spacial score (nSPS) is 21.1. The average molecular weight is 901 g/mol. The Bertz CT molecular complexity index is 2260. The van der Waals surface area contributed by atoms with Crippen LogP contribution in [-0.4, -0.2) is 96.4 Å². The van der Waals surface area contributed by atoms with E-state index in [-0.39, 0.29) is 55.8 Å². The first-order chi connectivity index (χ1) is 31.1. The van der Waals surface area contributed by atoms with Gasteiger partial charge < -0.3 is 41.7 Å². The number of alkyl halides is 3. The van der Waals surface area contributed by atoms with E-state index in [4.69, 9.17) is 0 Å². The summed E-state index contributed by atoms with van der Waals surface area (Å²) in [5, 5.41) is 17.3. The van der Waals surface area contributed by atoms with Crippen LogP contribution in [0.4, 0.5) is 23.7 Å².